The van der Waals surface area contributed by atoms with E-state index in [1.54, 1.807) is 7.11 Å². The van der Waals surface area contributed by atoms with E-state index in [9.17, 15) is 0 Å². The second-order valence-corrected chi connectivity index (χ2v) is 7.46. The molecule has 2 heterocycles. The minimum atomic E-state index is 0. The summed E-state index contributed by atoms with van der Waals surface area (Å²) in [5.74, 6) is 2.47. The Hall–Kier alpha value is -1.87. The lowest BCUT2D eigenvalue weighted by Crippen LogP contribution is -2.42. The van der Waals surface area contributed by atoms with Crippen LogP contribution in [0.3, 0.4) is 0 Å². The Kier molecular flexibility index (Phi) is 10.9. The zero-order chi connectivity index (χ0) is 20.3. The molecule has 0 amide bonds. The van der Waals surface area contributed by atoms with E-state index in [1.807, 2.05) is 36.5 Å². The SMILES string of the molecule is CCNC(=NCc1ccccn1)NCC1CCN(Cc2ccc(OC)cc2)CC1.I. The van der Waals surface area contributed by atoms with Gasteiger partial charge < -0.3 is 15.4 Å². The van der Waals surface area contributed by atoms with Crippen LogP contribution in [0.1, 0.15) is 31.0 Å². The number of rotatable bonds is 8. The van der Waals surface area contributed by atoms with E-state index in [2.05, 4.69) is 44.6 Å². The first-order valence-electron chi connectivity index (χ1n) is 10.5. The van der Waals surface area contributed by atoms with Crippen LogP contribution in [0.15, 0.2) is 53.7 Å². The number of methoxy groups -OCH3 is 1. The van der Waals surface area contributed by atoms with Crippen LogP contribution in [0.2, 0.25) is 0 Å². The van der Waals surface area contributed by atoms with E-state index >= 15 is 0 Å². The smallest absolute Gasteiger partial charge is 0.191 e. The Morgan fingerprint density at radius 3 is 2.53 bits per heavy atom. The maximum Gasteiger partial charge on any atom is 0.191 e. The van der Waals surface area contributed by atoms with Crippen LogP contribution < -0.4 is 15.4 Å². The van der Waals surface area contributed by atoms with Gasteiger partial charge in [-0.3, -0.25) is 9.88 Å². The van der Waals surface area contributed by atoms with Crippen LogP contribution in [0.25, 0.3) is 0 Å². The van der Waals surface area contributed by atoms with Crippen molar-refractivity contribution in [1.29, 1.82) is 0 Å². The minimum Gasteiger partial charge on any atom is -0.497 e. The predicted molar refractivity (Wildman–Crippen MR) is 133 cm³/mol. The van der Waals surface area contributed by atoms with Crippen LogP contribution in [0.4, 0.5) is 0 Å². The molecule has 0 bridgehead atoms. The molecule has 164 valence electrons. The van der Waals surface area contributed by atoms with Gasteiger partial charge in [-0.2, -0.15) is 0 Å². The summed E-state index contributed by atoms with van der Waals surface area (Å²) in [4.78, 5) is 11.5. The number of nitrogens with zero attached hydrogens (tertiary/aromatic N) is 3. The average molecular weight is 523 g/mol. The van der Waals surface area contributed by atoms with Crippen LogP contribution in [0, 0.1) is 5.92 Å². The molecule has 1 aromatic carbocycles. The van der Waals surface area contributed by atoms with E-state index in [-0.39, 0.29) is 24.0 Å². The molecule has 1 aliphatic heterocycles. The van der Waals surface area contributed by atoms with Gasteiger partial charge in [0.25, 0.3) is 0 Å². The number of aliphatic imine (C=N–C) groups is 1. The van der Waals surface area contributed by atoms with Crippen molar-refractivity contribution in [3.63, 3.8) is 0 Å². The van der Waals surface area contributed by atoms with Gasteiger partial charge in [-0.15, -0.1) is 24.0 Å². The molecule has 1 saturated heterocycles. The fourth-order valence-electron chi connectivity index (χ4n) is 3.57. The molecule has 1 aromatic heterocycles. The van der Waals surface area contributed by atoms with Crippen molar-refractivity contribution in [3.05, 3.63) is 59.9 Å². The fraction of sp³-hybridized carbons (Fsp3) is 0.478. The standard InChI is InChI=1S/C23H33N5O.HI/c1-3-24-23(27-17-21-6-4-5-13-25-21)26-16-19-11-14-28(15-12-19)18-20-7-9-22(29-2)10-8-20;/h4-10,13,19H,3,11-12,14-18H2,1-2H3,(H2,24,26,27);1H. The van der Waals surface area contributed by atoms with Gasteiger partial charge >= 0.3 is 0 Å². The third-order valence-corrected chi connectivity index (χ3v) is 5.30. The molecule has 0 atom stereocenters. The van der Waals surface area contributed by atoms with Gasteiger partial charge in [-0.25, -0.2) is 4.99 Å². The number of hydrogen-bond donors (Lipinski definition) is 2. The topological polar surface area (TPSA) is 61.8 Å². The van der Waals surface area contributed by atoms with Crippen molar-refractivity contribution < 1.29 is 4.74 Å². The highest BCUT2D eigenvalue weighted by Gasteiger charge is 2.19. The Labute approximate surface area is 197 Å². The van der Waals surface area contributed by atoms with E-state index in [4.69, 9.17) is 4.74 Å². The molecule has 0 spiro atoms. The average Bonchev–Trinajstić information content (AvgIpc) is 2.78. The third kappa shape index (κ3) is 8.10. The van der Waals surface area contributed by atoms with Crippen LogP contribution in [-0.2, 0) is 13.1 Å². The lowest BCUT2D eigenvalue weighted by atomic mass is 9.96. The molecule has 0 aliphatic carbocycles. The Bertz CT molecular complexity index is 746. The van der Waals surface area contributed by atoms with Gasteiger partial charge in [0.05, 0.1) is 19.3 Å². The van der Waals surface area contributed by atoms with Crippen LogP contribution in [0.5, 0.6) is 5.75 Å². The van der Waals surface area contributed by atoms with Gasteiger partial charge in [-0.05, 0) is 68.6 Å². The van der Waals surface area contributed by atoms with Crippen molar-refractivity contribution >= 4 is 29.9 Å². The number of halogens is 1. The molecule has 0 saturated carbocycles. The Balaban J connectivity index is 0.00000320. The summed E-state index contributed by atoms with van der Waals surface area (Å²) < 4.78 is 5.24. The zero-order valence-electron chi connectivity index (χ0n) is 18.0. The quantitative estimate of drug-likeness (QED) is 0.314. The monoisotopic (exact) mass is 523 g/mol. The minimum absolute atomic E-state index is 0. The molecule has 1 fully saturated rings. The molecule has 0 unspecified atom stereocenters. The Morgan fingerprint density at radius 2 is 1.90 bits per heavy atom. The number of guanidine groups is 1. The van der Waals surface area contributed by atoms with Crippen molar-refractivity contribution in [2.45, 2.75) is 32.9 Å². The number of nitrogens with one attached hydrogen (secondary N) is 2. The van der Waals surface area contributed by atoms with Gasteiger partial charge in [0.2, 0.25) is 0 Å². The van der Waals surface area contributed by atoms with Crippen molar-refractivity contribution in [2.24, 2.45) is 10.9 Å². The summed E-state index contributed by atoms with van der Waals surface area (Å²) >= 11 is 0. The summed E-state index contributed by atoms with van der Waals surface area (Å²) in [6.07, 6.45) is 4.23. The van der Waals surface area contributed by atoms with Crippen molar-refractivity contribution in [2.75, 3.05) is 33.3 Å². The highest BCUT2D eigenvalue weighted by Crippen LogP contribution is 2.19. The number of benzene rings is 1. The lowest BCUT2D eigenvalue weighted by molar-refractivity contribution is 0.178. The van der Waals surface area contributed by atoms with Gasteiger partial charge in [0.15, 0.2) is 5.96 Å². The molecule has 6 nitrogen and oxygen atoms in total. The molecule has 1 aliphatic rings. The van der Waals surface area contributed by atoms with Crippen LogP contribution in [-0.4, -0.2) is 49.1 Å². The molecule has 30 heavy (non-hydrogen) atoms. The summed E-state index contributed by atoms with van der Waals surface area (Å²) in [5, 5.41) is 6.85. The number of pyridine rings is 1. The molecular formula is C23H34IN5O. The highest BCUT2D eigenvalue weighted by atomic mass is 127. The maximum atomic E-state index is 5.24. The lowest BCUT2D eigenvalue weighted by Gasteiger charge is -2.32. The van der Waals surface area contributed by atoms with E-state index in [1.165, 1.54) is 18.4 Å². The second-order valence-electron chi connectivity index (χ2n) is 7.46. The Morgan fingerprint density at radius 1 is 1.13 bits per heavy atom. The number of aromatic nitrogens is 1. The maximum absolute atomic E-state index is 5.24. The van der Waals surface area contributed by atoms with Crippen molar-refractivity contribution in [1.82, 2.24) is 20.5 Å². The van der Waals surface area contributed by atoms with Gasteiger partial charge in [0, 0.05) is 25.8 Å². The molecule has 7 heteroatoms. The fourth-order valence-corrected chi connectivity index (χ4v) is 3.57. The summed E-state index contributed by atoms with van der Waals surface area (Å²) in [6.45, 7) is 7.79. The van der Waals surface area contributed by atoms with Crippen molar-refractivity contribution in [3.8, 4) is 5.75 Å². The molecule has 0 radical (unpaired) electrons. The van der Waals surface area contributed by atoms with Crippen LogP contribution >= 0.6 is 24.0 Å². The molecule has 2 aromatic rings. The first-order valence-corrected chi connectivity index (χ1v) is 10.5. The number of ether oxygens (including phenoxy) is 1. The second kappa shape index (κ2) is 13.4. The predicted octanol–water partition coefficient (Wildman–Crippen LogP) is 3.68. The summed E-state index contributed by atoms with van der Waals surface area (Å²) in [5.41, 5.74) is 2.33. The van der Waals surface area contributed by atoms with E-state index in [0.717, 1.165) is 50.1 Å². The zero-order valence-corrected chi connectivity index (χ0v) is 20.3. The first kappa shape index (κ1) is 24.4. The molecule has 2 N–H and O–H groups in total. The largest absolute Gasteiger partial charge is 0.497 e. The number of piperidine rings is 1. The molecular weight excluding hydrogens is 489 g/mol. The number of likely N-dealkylation sites (tertiary alicyclic amines) is 1. The number of hydrogen-bond acceptors (Lipinski definition) is 4. The third-order valence-electron chi connectivity index (χ3n) is 5.30. The first-order chi connectivity index (χ1) is 14.3. The highest BCUT2D eigenvalue weighted by molar-refractivity contribution is 14.0. The van der Waals surface area contributed by atoms with E-state index in [0.29, 0.717) is 12.5 Å². The van der Waals surface area contributed by atoms with E-state index < -0.39 is 0 Å². The molecule has 3 rings (SSSR count). The van der Waals surface area contributed by atoms with Gasteiger partial charge in [0.1, 0.15) is 5.75 Å². The normalized spacial score (nSPS) is 15.3. The summed E-state index contributed by atoms with van der Waals surface area (Å²) in [6, 6.07) is 14.3. The summed E-state index contributed by atoms with van der Waals surface area (Å²) in [7, 11) is 1.71. The van der Waals surface area contributed by atoms with Gasteiger partial charge in [-0.1, -0.05) is 18.2 Å².